The van der Waals surface area contributed by atoms with E-state index in [1.165, 1.54) is 48.8 Å². The third kappa shape index (κ3) is 5.14. The number of anilines is 1. The number of amides is 1. The lowest BCUT2D eigenvalue weighted by atomic mass is 10.0. The molecule has 0 aliphatic heterocycles. The summed E-state index contributed by atoms with van der Waals surface area (Å²) in [7, 11) is 0. The molecular weight excluding hydrogens is 396 g/mol. The van der Waals surface area contributed by atoms with E-state index in [0.717, 1.165) is 22.7 Å². The number of nitrogens with zero attached hydrogens (tertiary/aromatic N) is 2. The van der Waals surface area contributed by atoms with Gasteiger partial charge in [0, 0.05) is 11.3 Å². The maximum Gasteiger partial charge on any atom is 0.341 e. The van der Waals surface area contributed by atoms with E-state index in [0.29, 0.717) is 28.2 Å². The van der Waals surface area contributed by atoms with Gasteiger partial charge in [0.15, 0.2) is 0 Å². The van der Waals surface area contributed by atoms with Crippen LogP contribution in [0.25, 0.3) is 0 Å². The van der Waals surface area contributed by atoms with E-state index in [1.807, 2.05) is 13.8 Å². The van der Waals surface area contributed by atoms with Gasteiger partial charge in [-0.25, -0.2) is 9.78 Å². The Morgan fingerprint density at radius 3 is 2.79 bits per heavy atom. The molecule has 0 spiro atoms. The second kappa shape index (κ2) is 9.56. The predicted molar refractivity (Wildman–Crippen MR) is 111 cm³/mol. The van der Waals surface area contributed by atoms with Crippen molar-refractivity contribution >= 4 is 40.0 Å². The second-order valence-electron chi connectivity index (χ2n) is 6.96. The lowest BCUT2D eigenvalue weighted by Gasteiger charge is -2.06. The molecule has 2 heterocycles. The van der Waals surface area contributed by atoms with Crippen LogP contribution in [0.3, 0.4) is 0 Å². The second-order valence-corrected chi connectivity index (χ2v) is 9.13. The summed E-state index contributed by atoms with van der Waals surface area (Å²) >= 11 is 2.67. The normalized spacial score (nSPS) is 14.4. The van der Waals surface area contributed by atoms with Gasteiger partial charge in [-0.3, -0.25) is 9.89 Å². The molecule has 7 nitrogen and oxygen atoms in total. The third-order valence-corrected chi connectivity index (χ3v) is 6.89. The molecule has 0 radical (unpaired) electrons. The standard InChI is InChI=1S/C19H26N4O3S2/c1-4-26-18(25)16-11(2)12(3)28-17(16)21-15(24)10-27-19-20-14(22-23-19)9-13-7-5-6-8-13/h13H,4-10H2,1-3H3,(H,21,24)(H,20,22,23). The summed E-state index contributed by atoms with van der Waals surface area (Å²) in [6.45, 7) is 5.85. The molecule has 28 heavy (non-hydrogen) atoms. The van der Waals surface area contributed by atoms with Gasteiger partial charge in [-0.05, 0) is 32.3 Å². The van der Waals surface area contributed by atoms with Gasteiger partial charge < -0.3 is 10.1 Å². The van der Waals surface area contributed by atoms with E-state index < -0.39 is 5.97 Å². The number of H-pyrrole nitrogens is 1. The van der Waals surface area contributed by atoms with Gasteiger partial charge in [-0.1, -0.05) is 37.4 Å². The first-order valence-electron chi connectivity index (χ1n) is 9.59. The smallest absolute Gasteiger partial charge is 0.341 e. The zero-order valence-corrected chi connectivity index (χ0v) is 18.1. The maximum absolute atomic E-state index is 12.4. The fourth-order valence-electron chi connectivity index (χ4n) is 3.38. The van der Waals surface area contributed by atoms with E-state index in [2.05, 4.69) is 20.5 Å². The summed E-state index contributed by atoms with van der Waals surface area (Å²) < 4.78 is 5.12. The van der Waals surface area contributed by atoms with Gasteiger partial charge in [0.2, 0.25) is 11.1 Å². The average molecular weight is 423 g/mol. The van der Waals surface area contributed by atoms with Crippen LogP contribution in [0.1, 0.15) is 59.2 Å². The van der Waals surface area contributed by atoms with Crippen LogP contribution in [0, 0.1) is 19.8 Å². The van der Waals surface area contributed by atoms with Crippen molar-refractivity contribution in [2.75, 3.05) is 17.7 Å². The summed E-state index contributed by atoms with van der Waals surface area (Å²) in [6, 6.07) is 0. The van der Waals surface area contributed by atoms with Gasteiger partial charge >= 0.3 is 5.97 Å². The van der Waals surface area contributed by atoms with E-state index in [-0.39, 0.29) is 11.7 Å². The van der Waals surface area contributed by atoms with Crippen LogP contribution < -0.4 is 5.32 Å². The highest BCUT2D eigenvalue weighted by Gasteiger charge is 2.22. The van der Waals surface area contributed by atoms with Crippen LogP contribution in [0.15, 0.2) is 5.16 Å². The number of aryl methyl sites for hydroxylation is 1. The number of hydrogen-bond acceptors (Lipinski definition) is 7. The van der Waals surface area contributed by atoms with Gasteiger partial charge in [-0.15, -0.1) is 16.4 Å². The van der Waals surface area contributed by atoms with E-state index >= 15 is 0 Å². The number of thioether (sulfide) groups is 1. The number of ether oxygens (including phenoxy) is 1. The number of carbonyl (C=O) groups excluding carboxylic acids is 2. The predicted octanol–water partition coefficient (Wildman–Crippen LogP) is 4.12. The lowest BCUT2D eigenvalue weighted by molar-refractivity contribution is -0.113. The Morgan fingerprint density at radius 1 is 1.32 bits per heavy atom. The number of nitrogens with one attached hydrogen (secondary N) is 2. The Kier molecular flexibility index (Phi) is 7.12. The van der Waals surface area contributed by atoms with Crippen molar-refractivity contribution in [1.82, 2.24) is 15.2 Å². The quantitative estimate of drug-likeness (QED) is 0.490. The molecule has 9 heteroatoms. The molecule has 1 saturated carbocycles. The Bertz CT molecular complexity index is 840. The minimum atomic E-state index is -0.405. The van der Waals surface area contributed by atoms with Gasteiger partial charge in [0.05, 0.1) is 17.9 Å². The van der Waals surface area contributed by atoms with Crippen LogP contribution in [0.2, 0.25) is 0 Å². The van der Waals surface area contributed by atoms with Crippen molar-refractivity contribution in [3.63, 3.8) is 0 Å². The van der Waals surface area contributed by atoms with Crippen molar-refractivity contribution in [3.05, 3.63) is 21.8 Å². The van der Waals surface area contributed by atoms with Gasteiger partial charge in [0.1, 0.15) is 10.8 Å². The zero-order chi connectivity index (χ0) is 20.1. The Morgan fingerprint density at radius 2 is 2.07 bits per heavy atom. The molecular formula is C19H26N4O3S2. The first-order chi connectivity index (χ1) is 13.5. The molecule has 1 aliphatic carbocycles. The molecule has 2 aromatic heterocycles. The average Bonchev–Trinajstić information content (AvgIpc) is 3.37. The van der Waals surface area contributed by atoms with Crippen LogP contribution in [-0.2, 0) is 16.0 Å². The van der Waals surface area contributed by atoms with Crippen molar-refractivity contribution in [2.24, 2.45) is 5.92 Å². The first-order valence-corrected chi connectivity index (χ1v) is 11.4. The highest BCUT2D eigenvalue weighted by Crippen LogP contribution is 2.33. The van der Waals surface area contributed by atoms with Crippen molar-refractivity contribution in [2.45, 2.75) is 58.0 Å². The van der Waals surface area contributed by atoms with Crippen LogP contribution >= 0.6 is 23.1 Å². The Hall–Kier alpha value is -1.87. The SMILES string of the molecule is CCOC(=O)c1c(NC(=O)CSc2n[nH]c(CC3CCCC3)n2)sc(C)c1C. The molecule has 1 amide bonds. The number of aromatic nitrogens is 3. The van der Waals surface area contributed by atoms with E-state index in [1.54, 1.807) is 6.92 Å². The molecule has 0 unspecified atom stereocenters. The van der Waals surface area contributed by atoms with Crippen LogP contribution in [-0.4, -0.2) is 39.4 Å². The number of carbonyl (C=O) groups is 2. The summed E-state index contributed by atoms with van der Waals surface area (Å²) in [5.41, 5.74) is 1.29. The van der Waals surface area contributed by atoms with Crippen LogP contribution in [0.4, 0.5) is 5.00 Å². The number of hydrogen-bond donors (Lipinski definition) is 2. The summed E-state index contributed by atoms with van der Waals surface area (Å²) in [5, 5.41) is 11.1. The molecule has 1 fully saturated rings. The molecule has 152 valence electrons. The topological polar surface area (TPSA) is 97.0 Å². The largest absolute Gasteiger partial charge is 0.462 e. The molecule has 0 bridgehead atoms. The number of aromatic amines is 1. The first kappa shape index (κ1) is 20.9. The highest BCUT2D eigenvalue weighted by atomic mass is 32.2. The number of rotatable bonds is 8. The minimum Gasteiger partial charge on any atom is -0.462 e. The molecule has 0 aromatic carbocycles. The molecule has 1 aliphatic rings. The molecule has 0 saturated heterocycles. The maximum atomic E-state index is 12.4. The molecule has 3 rings (SSSR count). The number of thiophene rings is 1. The Balaban J connectivity index is 1.55. The fraction of sp³-hybridized carbons (Fsp3) is 0.579. The monoisotopic (exact) mass is 422 g/mol. The van der Waals surface area contributed by atoms with Crippen molar-refractivity contribution in [1.29, 1.82) is 0 Å². The van der Waals surface area contributed by atoms with Crippen LogP contribution in [0.5, 0.6) is 0 Å². The third-order valence-electron chi connectivity index (χ3n) is 4.92. The number of esters is 1. The van der Waals surface area contributed by atoms with Crippen molar-refractivity contribution in [3.8, 4) is 0 Å². The molecule has 2 N–H and O–H groups in total. The van der Waals surface area contributed by atoms with Crippen molar-refractivity contribution < 1.29 is 14.3 Å². The molecule has 2 aromatic rings. The minimum absolute atomic E-state index is 0.180. The summed E-state index contributed by atoms with van der Waals surface area (Å²) in [4.78, 5) is 30.1. The zero-order valence-electron chi connectivity index (χ0n) is 16.5. The van der Waals surface area contributed by atoms with Gasteiger partial charge in [-0.2, -0.15) is 0 Å². The fourth-order valence-corrected chi connectivity index (χ4v) is 5.06. The summed E-state index contributed by atoms with van der Waals surface area (Å²) in [6.07, 6.45) is 6.05. The van der Waals surface area contributed by atoms with E-state index in [9.17, 15) is 9.59 Å². The Labute approximate surface area is 173 Å². The van der Waals surface area contributed by atoms with E-state index in [4.69, 9.17) is 4.74 Å². The highest BCUT2D eigenvalue weighted by molar-refractivity contribution is 7.99. The lowest BCUT2D eigenvalue weighted by Crippen LogP contribution is -2.16. The summed E-state index contributed by atoms with van der Waals surface area (Å²) in [5.74, 6) is 1.17. The van der Waals surface area contributed by atoms with Gasteiger partial charge in [0.25, 0.3) is 0 Å². The molecule has 0 atom stereocenters.